The molecule has 0 aromatic heterocycles. The Balaban J connectivity index is 2.49. The van der Waals surface area contributed by atoms with Gasteiger partial charge in [0.05, 0.1) is 0 Å². The molecule has 0 radical (unpaired) electrons. The van der Waals surface area contributed by atoms with Gasteiger partial charge < -0.3 is 18.3 Å². The molecule has 2 aliphatic rings. The Kier molecular flexibility index (Phi) is 7.51. The Hall–Kier alpha value is -0.866. The molecule has 1 aliphatic carbocycles. The van der Waals surface area contributed by atoms with Crippen molar-refractivity contribution in [2.75, 3.05) is 0 Å². The Morgan fingerprint density at radius 2 is 1.03 bits per heavy atom. The molecule has 31 heavy (non-hydrogen) atoms. The van der Waals surface area contributed by atoms with Gasteiger partial charge in [-0.1, -0.05) is 65.2 Å². The largest absolute Gasteiger partial charge is 0.401 e. The average molecular weight is 463 g/mol. The molecule has 1 aliphatic heterocycles. The summed E-state index contributed by atoms with van der Waals surface area (Å²) >= 11 is 0. The maximum Gasteiger partial charge on any atom is 0.193 e. The van der Waals surface area contributed by atoms with Gasteiger partial charge in [-0.3, -0.25) is 0 Å². The van der Waals surface area contributed by atoms with Crippen molar-refractivity contribution < 1.29 is 18.3 Å². The third-order valence-electron chi connectivity index (χ3n) is 6.92. The lowest BCUT2D eigenvalue weighted by Crippen LogP contribution is -2.53. The van der Waals surface area contributed by atoms with Gasteiger partial charge in [0.2, 0.25) is 0 Å². The van der Waals surface area contributed by atoms with Crippen LogP contribution in [0.5, 0.6) is 0 Å². The molecule has 0 bridgehead atoms. The van der Waals surface area contributed by atoms with Crippen molar-refractivity contribution in [3.05, 3.63) is 12.2 Å². The summed E-state index contributed by atoms with van der Waals surface area (Å²) in [6, 6.07) is 0. The summed E-state index contributed by atoms with van der Waals surface area (Å²) in [5, 5.41) is 0.113. The Morgan fingerprint density at radius 1 is 0.710 bits per heavy atom. The lowest BCUT2D eigenvalue weighted by molar-refractivity contribution is -0.155. The van der Waals surface area contributed by atoms with Crippen LogP contribution >= 0.6 is 0 Å². The van der Waals surface area contributed by atoms with Gasteiger partial charge in [0.15, 0.2) is 22.4 Å². The lowest BCUT2D eigenvalue weighted by atomic mass is 10.0. The maximum absolute atomic E-state index is 6.76. The topological polar surface area (TPSA) is 36.9 Å². The molecular formula is C25H42O4Si2. The van der Waals surface area contributed by atoms with E-state index in [1.807, 2.05) is 13.8 Å². The molecule has 2 rings (SSSR count). The molecule has 1 heterocycles. The monoisotopic (exact) mass is 462 g/mol. The summed E-state index contributed by atoms with van der Waals surface area (Å²) in [5.41, 5.74) is 0. The minimum Gasteiger partial charge on any atom is -0.401 e. The number of fused-ring (bicyclic) bond motifs is 1. The zero-order valence-electron chi connectivity index (χ0n) is 21.6. The summed E-state index contributed by atoms with van der Waals surface area (Å²) in [7, 11) is -4.19. The first kappa shape index (κ1) is 26.4. The third-order valence-corrected chi connectivity index (χ3v) is 15.8. The fourth-order valence-corrected chi connectivity index (χ4v) is 5.34. The quantitative estimate of drug-likeness (QED) is 0.387. The first-order chi connectivity index (χ1) is 13.9. The van der Waals surface area contributed by atoms with Crippen molar-refractivity contribution >= 4 is 16.6 Å². The van der Waals surface area contributed by atoms with Crippen LogP contribution in [-0.4, -0.2) is 46.8 Å². The van der Waals surface area contributed by atoms with Crippen LogP contribution in [0, 0.1) is 23.7 Å². The van der Waals surface area contributed by atoms with Crippen LogP contribution in [0.15, 0.2) is 12.2 Å². The number of allylic oxidation sites excluding steroid dienone is 2. The maximum atomic E-state index is 6.76. The Labute approximate surface area is 192 Å². The number of hydrogen-bond acceptors (Lipinski definition) is 4. The molecule has 1 saturated heterocycles. The van der Waals surface area contributed by atoms with E-state index in [2.05, 4.69) is 91.4 Å². The second kappa shape index (κ2) is 8.82. The van der Waals surface area contributed by atoms with Crippen LogP contribution < -0.4 is 0 Å². The van der Waals surface area contributed by atoms with Gasteiger partial charge in [0, 0.05) is 0 Å². The second-order valence-corrected chi connectivity index (χ2v) is 21.6. The molecule has 0 aromatic carbocycles. The van der Waals surface area contributed by atoms with Gasteiger partial charge in [-0.25, -0.2) is 0 Å². The zero-order chi connectivity index (χ0) is 23.9. The molecule has 0 aromatic rings. The Bertz CT molecular complexity index is 741. The van der Waals surface area contributed by atoms with Crippen LogP contribution in [0.4, 0.5) is 0 Å². The van der Waals surface area contributed by atoms with Crippen molar-refractivity contribution in [2.24, 2.45) is 0 Å². The highest BCUT2D eigenvalue weighted by atomic mass is 28.4. The summed E-state index contributed by atoms with van der Waals surface area (Å²) in [6.07, 6.45) is 1.96. The van der Waals surface area contributed by atoms with Gasteiger partial charge in [-0.15, -0.1) is 0 Å². The van der Waals surface area contributed by atoms with Crippen molar-refractivity contribution in [2.45, 2.75) is 122 Å². The minimum atomic E-state index is -2.10. The smallest absolute Gasteiger partial charge is 0.193 e. The van der Waals surface area contributed by atoms with E-state index in [1.165, 1.54) is 0 Å². The first-order valence-corrected chi connectivity index (χ1v) is 17.1. The molecular weight excluding hydrogens is 420 g/mol. The molecule has 4 nitrogen and oxygen atoms in total. The summed E-state index contributed by atoms with van der Waals surface area (Å²) in [5.74, 6) is 12.0. The number of hydrogen-bond donors (Lipinski definition) is 0. The predicted octanol–water partition coefficient (Wildman–Crippen LogP) is 5.86. The third kappa shape index (κ3) is 6.35. The van der Waals surface area contributed by atoms with Crippen molar-refractivity contribution in [1.82, 2.24) is 0 Å². The second-order valence-electron chi connectivity index (χ2n) is 12.1. The summed E-state index contributed by atoms with van der Waals surface area (Å²) in [4.78, 5) is 0. The SMILES string of the molecule is CC1(C)O[C@@H]2[C@@H](O1)[C@H](O[Si](C)(C)C(C)(C)C)C#C/C=C\C#C[C@@H]2O[Si](C)(C)C(C)(C)C. The average Bonchev–Trinajstić information content (AvgIpc) is 2.88. The molecule has 0 N–H and O–H groups in total. The fraction of sp³-hybridized carbons (Fsp3) is 0.760. The molecule has 0 amide bonds. The van der Waals surface area contributed by atoms with E-state index >= 15 is 0 Å². The lowest BCUT2D eigenvalue weighted by Gasteiger charge is -2.41. The highest BCUT2D eigenvalue weighted by Crippen LogP contribution is 2.42. The van der Waals surface area contributed by atoms with Crippen LogP contribution in [0.2, 0.25) is 36.3 Å². The van der Waals surface area contributed by atoms with Gasteiger partial charge in [-0.2, -0.15) is 0 Å². The molecule has 174 valence electrons. The highest BCUT2D eigenvalue weighted by molar-refractivity contribution is 6.74. The van der Waals surface area contributed by atoms with Gasteiger partial charge in [-0.05, 0) is 62.3 Å². The van der Waals surface area contributed by atoms with E-state index in [-0.39, 0.29) is 22.3 Å². The van der Waals surface area contributed by atoms with E-state index in [1.54, 1.807) is 12.2 Å². The standard InChI is InChI=1S/C25H42O4Si2/c1-23(2,3)30(9,10)28-19-17-15-13-14-16-18-20(29-31(11,12)24(4,5)6)22-21(19)26-25(7,8)27-22/h13-14,19-22H,1-12H3/b14-13-/t19-,20+,21-,22-/m0/s1. The number of ether oxygens (including phenoxy) is 2. The highest BCUT2D eigenvalue weighted by Gasteiger charge is 2.53. The van der Waals surface area contributed by atoms with E-state index in [9.17, 15) is 0 Å². The van der Waals surface area contributed by atoms with Crippen LogP contribution in [0.3, 0.4) is 0 Å². The van der Waals surface area contributed by atoms with Crippen LogP contribution in [-0.2, 0) is 18.3 Å². The normalized spacial score (nSPS) is 29.8. The first-order valence-electron chi connectivity index (χ1n) is 11.2. The van der Waals surface area contributed by atoms with Gasteiger partial charge in [0.1, 0.15) is 24.4 Å². The zero-order valence-corrected chi connectivity index (χ0v) is 23.6. The molecule has 0 spiro atoms. The molecule has 1 fully saturated rings. The van der Waals surface area contributed by atoms with Crippen molar-refractivity contribution in [3.8, 4) is 23.7 Å². The van der Waals surface area contributed by atoms with Gasteiger partial charge in [0.25, 0.3) is 0 Å². The number of rotatable bonds is 4. The summed E-state index contributed by atoms with van der Waals surface area (Å²) in [6.45, 7) is 26.2. The fourth-order valence-electron chi connectivity index (χ4n) is 2.98. The van der Waals surface area contributed by atoms with Crippen molar-refractivity contribution in [3.63, 3.8) is 0 Å². The predicted molar refractivity (Wildman–Crippen MR) is 133 cm³/mol. The van der Waals surface area contributed by atoms with E-state index in [0.717, 1.165) is 0 Å². The molecule has 6 heteroatoms. The van der Waals surface area contributed by atoms with Gasteiger partial charge >= 0.3 is 0 Å². The minimum absolute atomic E-state index is 0.0567. The molecule has 0 unspecified atom stereocenters. The van der Waals surface area contributed by atoms with Crippen LogP contribution in [0.25, 0.3) is 0 Å². The van der Waals surface area contributed by atoms with E-state index < -0.39 is 34.6 Å². The van der Waals surface area contributed by atoms with Crippen molar-refractivity contribution in [1.29, 1.82) is 0 Å². The van der Waals surface area contributed by atoms with Crippen LogP contribution in [0.1, 0.15) is 55.4 Å². The Morgan fingerprint density at radius 3 is 1.32 bits per heavy atom. The van der Waals surface area contributed by atoms with E-state index in [4.69, 9.17) is 18.3 Å². The summed E-state index contributed by atoms with van der Waals surface area (Å²) < 4.78 is 26.3. The van der Waals surface area contributed by atoms with E-state index in [0.29, 0.717) is 0 Å². The molecule has 4 atom stereocenters. The molecule has 0 saturated carbocycles.